The summed E-state index contributed by atoms with van der Waals surface area (Å²) in [5, 5.41) is 3.25. The molecule has 7 nitrogen and oxygen atoms in total. The van der Waals surface area contributed by atoms with E-state index in [1.54, 1.807) is 25.1 Å². The van der Waals surface area contributed by atoms with Gasteiger partial charge in [-0.15, -0.1) is 0 Å². The summed E-state index contributed by atoms with van der Waals surface area (Å²) >= 11 is 6.02. The van der Waals surface area contributed by atoms with Crippen molar-refractivity contribution in [2.45, 2.75) is 26.1 Å². The minimum Gasteiger partial charge on any atom is -0.379 e. The number of amides is 1. The van der Waals surface area contributed by atoms with E-state index >= 15 is 0 Å². The Bertz CT molecular complexity index is 1010. The Morgan fingerprint density at radius 1 is 1.16 bits per heavy atom. The number of carbonyl (C=O) groups excluding carboxylic acids is 1. The lowest BCUT2D eigenvalue weighted by atomic mass is 10.1. The number of carbonyl (C=O) groups is 1. The normalized spacial score (nSPS) is 16.0. The summed E-state index contributed by atoms with van der Waals surface area (Å²) in [6.45, 7) is 6.01. The zero-order chi connectivity index (χ0) is 22.4. The molecule has 0 bridgehead atoms. The van der Waals surface area contributed by atoms with Crippen LogP contribution in [0.3, 0.4) is 0 Å². The van der Waals surface area contributed by atoms with Gasteiger partial charge in [-0.25, -0.2) is 8.42 Å². The second kappa shape index (κ2) is 10.5. The lowest BCUT2D eigenvalue weighted by molar-refractivity contribution is -0.122. The number of halogens is 1. The number of rotatable bonds is 8. The van der Waals surface area contributed by atoms with Gasteiger partial charge in [0, 0.05) is 31.2 Å². The van der Waals surface area contributed by atoms with Crippen LogP contribution in [-0.2, 0) is 32.6 Å². The van der Waals surface area contributed by atoms with Crippen LogP contribution in [0.1, 0.15) is 18.1 Å². The third kappa shape index (κ3) is 6.67. The first-order valence-electron chi connectivity index (χ1n) is 10.1. The second-order valence-electron chi connectivity index (χ2n) is 7.64. The lowest BCUT2D eigenvalue weighted by Gasteiger charge is -2.28. The largest absolute Gasteiger partial charge is 0.379 e. The summed E-state index contributed by atoms with van der Waals surface area (Å²) in [6, 6.07) is 13.6. The number of sulfonamides is 1. The highest BCUT2D eigenvalue weighted by molar-refractivity contribution is 7.92. The van der Waals surface area contributed by atoms with E-state index < -0.39 is 16.1 Å². The van der Waals surface area contributed by atoms with Gasteiger partial charge in [0.2, 0.25) is 15.9 Å². The van der Waals surface area contributed by atoms with Crippen LogP contribution in [0.15, 0.2) is 48.5 Å². The lowest BCUT2D eigenvalue weighted by Crippen LogP contribution is -2.47. The van der Waals surface area contributed by atoms with Crippen LogP contribution < -0.4 is 9.62 Å². The fourth-order valence-electron chi connectivity index (χ4n) is 3.61. The Kier molecular flexibility index (Phi) is 7.94. The number of hydrogen-bond acceptors (Lipinski definition) is 5. The number of nitrogens with one attached hydrogen (secondary N) is 1. The molecule has 168 valence electrons. The third-order valence-electron chi connectivity index (χ3n) is 5.12. The summed E-state index contributed by atoms with van der Waals surface area (Å²) in [4.78, 5) is 15.1. The average Bonchev–Trinajstić information content (AvgIpc) is 2.72. The molecule has 1 amide bonds. The Morgan fingerprint density at radius 2 is 1.84 bits per heavy atom. The second-order valence-corrected chi connectivity index (χ2v) is 9.94. The van der Waals surface area contributed by atoms with Crippen molar-refractivity contribution in [3.05, 3.63) is 64.7 Å². The van der Waals surface area contributed by atoms with Crippen LogP contribution in [0, 0.1) is 0 Å². The molecule has 1 saturated heterocycles. The summed E-state index contributed by atoms with van der Waals surface area (Å²) in [6.07, 6.45) is 1.08. The van der Waals surface area contributed by atoms with Crippen molar-refractivity contribution in [3.63, 3.8) is 0 Å². The fourth-order valence-corrected chi connectivity index (χ4v) is 4.97. The smallest absolute Gasteiger partial charge is 0.243 e. The molecule has 0 spiro atoms. The molecule has 0 radical (unpaired) electrons. The van der Waals surface area contributed by atoms with Crippen molar-refractivity contribution in [1.29, 1.82) is 0 Å². The number of ether oxygens (including phenoxy) is 1. The van der Waals surface area contributed by atoms with Crippen LogP contribution in [0.25, 0.3) is 0 Å². The van der Waals surface area contributed by atoms with Gasteiger partial charge in [-0.05, 0) is 36.2 Å². The molecule has 1 heterocycles. The van der Waals surface area contributed by atoms with Gasteiger partial charge in [0.15, 0.2) is 0 Å². The zero-order valence-corrected chi connectivity index (χ0v) is 19.3. The minimum absolute atomic E-state index is 0.313. The van der Waals surface area contributed by atoms with Crippen LogP contribution in [0.5, 0.6) is 0 Å². The molecule has 0 aliphatic carbocycles. The predicted octanol–water partition coefficient (Wildman–Crippen LogP) is 2.64. The highest BCUT2D eigenvalue weighted by Gasteiger charge is 2.29. The maximum atomic E-state index is 12.8. The molecular weight excluding hydrogens is 438 g/mol. The monoisotopic (exact) mass is 465 g/mol. The number of anilines is 1. The molecule has 2 aromatic carbocycles. The SMILES string of the molecule is CC(C(=O)NCc1cccc(CN2CCOCC2)c1)N(c1cccc(Cl)c1)S(C)(=O)=O. The summed E-state index contributed by atoms with van der Waals surface area (Å²) in [7, 11) is -3.69. The Labute approximate surface area is 189 Å². The molecule has 9 heteroatoms. The van der Waals surface area contributed by atoms with Gasteiger partial charge in [-0.1, -0.05) is 41.9 Å². The van der Waals surface area contributed by atoms with Crippen LogP contribution in [0.2, 0.25) is 5.02 Å². The standard InChI is InChI=1S/C22H28ClN3O4S/c1-17(26(31(2,28)29)21-8-4-7-20(23)14-21)22(27)24-15-18-5-3-6-19(13-18)16-25-9-11-30-12-10-25/h3-8,13-14,17H,9-12,15-16H2,1-2H3,(H,24,27). The van der Waals surface area contributed by atoms with E-state index in [4.69, 9.17) is 16.3 Å². The summed E-state index contributed by atoms with van der Waals surface area (Å²) in [5.41, 5.74) is 2.48. The molecule has 2 aromatic rings. The molecular formula is C22H28ClN3O4S. The number of nitrogens with zero attached hydrogens (tertiary/aromatic N) is 2. The fraction of sp³-hybridized carbons (Fsp3) is 0.409. The molecule has 0 saturated carbocycles. The van der Waals surface area contributed by atoms with E-state index in [0.717, 1.165) is 49.0 Å². The van der Waals surface area contributed by atoms with E-state index in [0.29, 0.717) is 17.3 Å². The van der Waals surface area contributed by atoms with Crippen molar-refractivity contribution >= 4 is 33.2 Å². The first-order valence-corrected chi connectivity index (χ1v) is 12.4. The maximum absolute atomic E-state index is 12.8. The molecule has 31 heavy (non-hydrogen) atoms. The minimum atomic E-state index is -3.69. The molecule has 0 aromatic heterocycles. The van der Waals surface area contributed by atoms with Crippen molar-refractivity contribution < 1.29 is 17.9 Å². The highest BCUT2D eigenvalue weighted by Crippen LogP contribution is 2.24. The predicted molar refractivity (Wildman–Crippen MR) is 123 cm³/mol. The number of benzene rings is 2. The van der Waals surface area contributed by atoms with Crippen molar-refractivity contribution in [3.8, 4) is 0 Å². The first-order chi connectivity index (χ1) is 14.7. The van der Waals surface area contributed by atoms with Crippen molar-refractivity contribution in [2.24, 2.45) is 0 Å². The quantitative estimate of drug-likeness (QED) is 0.648. The van der Waals surface area contributed by atoms with Gasteiger partial charge in [-0.3, -0.25) is 14.0 Å². The van der Waals surface area contributed by atoms with Crippen LogP contribution >= 0.6 is 11.6 Å². The van der Waals surface area contributed by atoms with Gasteiger partial charge in [0.05, 0.1) is 25.2 Å². The van der Waals surface area contributed by atoms with Gasteiger partial charge < -0.3 is 10.1 Å². The molecule has 3 rings (SSSR count). The van der Waals surface area contributed by atoms with Gasteiger partial charge in [0.1, 0.15) is 6.04 Å². The van der Waals surface area contributed by atoms with Gasteiger partial charge >= 0.3 is 0 Å². The third-order valence-corrected chi connectivity index (χ3v) is 6.60. The molecule has 1 atom stereocenters. The first kappa shape index (κ1) is 23.5. The van der Waals surface area contributed by atoms with E-state index in [2.05, 4.69) is 22.3 Å². The Hall–Kier alpha value is -2.13. The van der Waals surface area contributed by atoms with E-state index in [1.807, 2.05) is 12.1 Å². The van der Waals surface area contributed by atoms with Gasteiger partial charge in [-0.2, -0.15) is 0 Å². The Morgan fingerprint density at radius 3 is 2.52 bits per heavy atom. The van der Waals surface area contributed by atoms with Crippen LogP contribution in [0.4, 0.5) is 5.69 Å². The van der Waals surface area contributed by atoms with Gasteiger partial charge in [0.25, 0.3) is 0 Å². The van der Waals surface area contributed by atoms with E-state index in [9.17, 15) is 13.2 Å². The van der Waals surface area contributed by atoms with E-state index in [1.165, 1.54) is 11.6 Å². The summed E-state index contributed by atoms with van der Waals surface area (Å²) < 4.78 is 31.2. The average molecular weight is 466 g/mol. The molecule has 1 fully saturated rings. The maximum Gasteiger partial charge on any atom is 0.243 e. The highest BCUT2D eigenvalue weighted by atomic mass is 35.5. The molecule has 1 N–H and O–H groups in total. The van der Waals surface area contributed by atoms with Crippen molar-refractivity contribution in [1.82, 2.24) is 10.2 Å². The topological polar surface area (TPSA) is 79.0 Å². The molecule has 1 aliphatic rings. The molecule has 1 unspecified atom stereocenters. The Balaban J connectivity index is 1.65. The molecule has 1 aliphatic heterocycles. The number of morpholine rings is 1. The van der Waals surface area contributed by atoms with Crippen molar-refractivity contribution in [2.75, 3.05) is 36.9 Å². The zero-order valence-electron chi connectivity index (χ0n) is 17.8. The number of hydrogen-bond donors (Lipinski definition) is 1. The van der Waals surface area contributed by atoms with Crippen LogP contribution in [-0.4, -0.2) is 57.8 Å². The van der Waals surface area contributed by atoms with E-state index in [-0.39, 0.29) is 5.91 Å². The summed E-state index contributed by atoms with van der Waals surface area (Å²) in [5.74, 6) is -0.385.